The molecular weight excluding hydrogens is 396 g/mol. The quantitative estimate of drug-likeness (QED) is 0.686. The lowest BCUT2D eigenvalue weighted by Gasteiger charge is -2.42. The molecule has 1 N–H and O–H groups in total. The van der Waals surface area contributed by atoms with Gasteiger partial charge in [0.25, 0.3) is 5.91 Å². The van der Waals surface area contributed by atoms with E-state index in [2.05, 4.69) is 9.88 Å². The number of aromatic hydroxyl groups is 1. The number of imide groups is 1. The molecule has 0 atom stereocenters. The largest absolute Gasteiger partial charge is 0.508 e. The number of carbonyl (C=O) groups excluding carboxylic acids is 2. The number of rotatable bonds is 7. The Morgan fingerprint density at radius 2 is 1.81 bits per heavy atom. The molecule has 1 spiro atoms. The molecule has 164 valence electrons. The lowest BCUT2D eigenvalue weighted by Crippen LogP contribution is -2.57. The molecule has 2 aliphatic heterocycles. The van der Waals surface area contributed by atoms with Crippen molar-refractivity contribution in [2.24, 2.45) is 0 Å². The van der Waals surface area contributed by atoms with Gasteiger partial charge >= 0.3 is 6.03 Å². The monoisotopic (exact) mass is 424 g/mol. The summed E-state index contributed by atoms with van der Waals surface area (Å²) in [6.45, 7) is 3.18. The molecule has 1 aromatic carbocycles. The van der Waals surface area contributed by atoms with Gasteiger partial charge < -0.3 is 14.7 Å². The van der Waals surface area contributed by atoms with E-state index in [0.717, 1.165) is 17.7 Å². The number of hydrogen-bond donors (Lipinski definition) is 1. The predicted octanol–water partition coefficient (Wildman–Crippen LogP) is 2.23. The van der Waals surface area contributed by atoms with Gasteiger partial charge in [-0.1, -0.05) is 18.2 Å². The Balaban J connectivity index is 1.49. The SMILES string of the molecule is COCCN1C(=O)N(Cc2cccnc2)C(=O)C12CCN(Cc1ccc(O)cc1)CC2. The third-order valence-corrected chi connectivity index (χ3v) is 6.23. The van der Waals surface area contributed by atoms with Crippen LogP contribution in [-0.4, -0.2) is 75.6 Å². The predicted molar refractivity (Wildman–Crippen MR) is 114 cm³/mol. The first-order valence-corrected chi connectivity index (χ1v) is 10.6. The second kappa shape index (κ2) is 9.03. The zero-order chi connectivity index (χ0) is 21.8. The molecule has 4 rings (SSSR count). The molecule has 2 aromatic rings. The van der Waals surface area contributed by atoms with Crippen molar-refractivity contribution in [1.29, 1.82) is 0 Å². The van der Waals surface area contributed by atoms with Gasteiger partial charge in [-0.25, -0.2) is 4.79 Å². The van der Waals surface area contributed by atoms with Gasteiger partial charge in [-0.3, -0.25) is 19.6 Å². The highest BCUT2D eigenvalue weighted by Gasteiger charge is 2.57. The van der Waals surface area contributed by atoms with E-state index >= 15 is 0 Å². The summed E-state index contributed by atoms with van der Waals surface area (Å²) in [5.41, 5.74) is 1.12. The van der Waals surface area contributed by atoms with Gasteiger partial charge in [-0.05, 0) is 42.2 Å². The van der Waals surface area contributed by atoms with Crippen molar-refractivity contribution in [3.05, 3.63) is 59.9 Å². The van der Waals surface area contributed by atoms with Crippen molar-refractivity contribution in [2.75, 3.05) is 33.4 Å². The summed E-state index contributed by atoms with van der Waals surface area (Å²) < 4.78 is 5.22. The van der Waals surface area contributed by atoms with Crippen LogP contribution in [-0.2, 0) is 22.6 Å². The summed E-state index contributed by atoms with van der Waals surface area (Å²) in [5, 5.41) is 9.48. The summed E-state index contributed by atoms with van der Waals surface area (Å²) in [7, 11) is 1.60. The summed E-state index contributed by atoms with van der Waals surface area (Å²) in [5.74, 6) is 0.126. The Hall–Kier alpha value is -2.97. The number of urea groups is 1. The molecule has 0 bridgehead atoms. The Morgan fingerprint density at radius 1 is 1.06 bits per heavy atom. The van der Waals surface area contributed by atoms with Crippen molar-refractivity contribution in [2.45, 2.75) is 31.5 Å². The maximum absolute atomic E-state index is 13.5. The van der Waals surface area contributed by atoms with Crippen molar-refractivity contribution in [1.82, 2.24) is 19.7 Å². The number of nitrogens with zero attached hydrogens (tertiary/aromatic N) is 4. The van der Waals surface area contributed by atoms with Crippen molar-refractivity contribution in [3.8, 4) is 5.75 Å². The Bertz CT molecular complexity index is 911. The van der Waals surface area contributed by atoms with Crippen LogP contribution < -0.4 is 0 Å². The molecule has 31 heavy (non-hydrogen) atoms. The fraction of sp³-hybridized carbons (Fsp3) is 0.435. The second-order valence-electron chi connectivity index (χ2n) is 8.15. The van der Waals surface area contributed by atoms with Gasteiger partial charge in [0.05, 0.1) is 13.2 Å². The smallest absolute Gasteiger partial charge is 0.328 e. The highest BCUT2D eigenvalue weighted by molar-refractivity contribution is 6.07. The van der Waals surface area contributed by atoms with Crippen molar-refractivity contribution >= 4 is 11.9 Å². The standard InChI is InChI=1S/C23H28N4O4/c1-31-14-13-27-22(30)26(17-19-3-2-10-24-15-19)21(29)23(27)8-11-25(12-9-23)16-18-4-6-20(28)7-5-18/h2-7,10,15,28H,8-9,11-14,16-17H2,1H3. The van der Waals surface area contributed by atoms with Crippen LogP contribution >= 0.6 is 0 Å². The minimum atomic E-state index is -0.816. The molecule has 2 saturated heterocycles. The topological polar surface area (TPSA) is 86.2 Å². The fourth-order valence-electron chi connectivity index (χ4n) is 4.51. The second-order valence-corrected chi connectivity index (χ2v) is 8.15. The van der Waals surface area contributed by atoms with E-state index in [0.29, 0.717) is 39.1 Å². The summed E-state index contributed by atoms with van der Waals surface area (Å²) in [6, 6.07) is 10.6. The zero-order valence-electron chi connectivity index (χ0n) is 17.7. The molecule has 3 amide bonds. The molecule has 2 fully saturated rings. The van der Waals surface area contributed by atoms with Crippen molar-refractivity contribution in [3.63, 3.8) is 0 Å². The first-order chi connectivity index (χ1) is 15.0. The zero-order valence-corrected chi connectivity index (χ0v) is 17.7. The molecule has 0 aliphatic carbocycles. The van der Waals surface area contributed by atoms with Crippen LogP contribution in [0, 0.1) is 0 Å². The number of phenolic OH excluding ortho intramolecular Hbond substituents is 1. The molecule has 0 unspecified atom stereocenters. The maximum atomic E-state index is 13.5. The Kier molecular flexibility index (Phi) is 6.20. The third-order valence-electron chi connectivity index (χ3n) is 6.23. The van der Waals surface area contributed by atoms with E-state index in [9.17, 15) is 14.7 Å². The van der Waals surface area contributed by atoms with Gasteiger partial charge in [-0.15, -0.1) is 0 Å². The molecule has 0 saturated carbocycles. The summed E-state index contributed by atoms with van der Waals surface area (Å²) >= 11 is 0. The van der Waals surface area contributed by atoms with Crippen LogP contribution in [0.5, 0.6) is 5.75 Å². The molecule has 3 heterocycles. The first kappa shape index (κ1) is 21.3. The first-order valence-electron chi connectivity index (χ1n) is 10.6. The number of likely N-dealkylation sites (tertiary alicyclic amines) is 1. The van der Waals surface area contributed by atoms with E-state index in [1.807, 2.05) is 18.2 Å². The minimum Gasteiger partial charge on any atom is -0.508 e. The molecule has 8 nitrogen and oxygen atoms in total. The molecule has 1 aromatic heterocycles. The number of piperidine rings is 1. The number of carbonyl (C=O) groups is 2. The summed E-state index contributed by atoms with van der Waals surface area (Å²) in [4.78, 5) is 36.2. The lowest BCUT2D eigenvalue weighted by atomic mass is 9.85. The van der Waals surface area contributed by atoms with Gasteiger partial charge in [0, 0.05) is 45.7 Å². The molecule has 0 radical (unpaired) electrons. The molecular formula is C23H28N4O4. The van der Waals surface area contributed by atoms with E-state index in [1.54, 1.807) is 42.6 Å². The number of benzene rings is 1. The lowest BCUT2D eigenvalue weighted by molar-refractivity contribution is -0.136. The van der Waals surface area contributed by atoms with E-state index in [4.69, 9.17) is 4.74 Å². The summed E-state index contributed by atoms with van der Waals surface area (Å²) in [6.07, 6.45) is 4.53. The number of phenols is 1. The highest BCUT2D eigenvalue weighted by Crippen LogP contribution is 2.38. The number of aromatic nitrogens is 1. The van der Waals surface area contributed by atoms with E-state index in [-0.39, 0.29) is 24.2 Å². The molecule has 2 aliphatic rings. The average Bonchev–Trinajstić information content (AvgIpc) is 2.97. The number of amides is 3. The normalized spacial score (nSPS) is 18.9. The van der Waals surface area contributed by atoms with Crippen LogP contribution in [0.15, 0.2) is 48.8 Å². The van der Waals surface area contributed by atoms with Gasteiger partial charge in [-0.2, -0.15) is 0 Å². The van der Waals surface area contributed by atoms with Crippen LogP contribution in [0.3, 0.4) is 0 Å². The third kappa shape index (κ3) is 4.26. The highest BCUT2D eigenvalue weighted by atomic mass is 16.5. The van der Waals surface area contributed by atoms with Gasteiger partial charge in [0.2, 0.25) is 0 Å². The number of hydrogen-bond acceptors (Lipinski definition) is 6. The van der Waals surface area contributed by atoms with Crippen LogP contribution in [0.2, 0.25) is 0 Å². The van der Waals surface area contributed by atoms with E-state index in [1.165, 1.54) is 4.90 Å². The van der Waals surface area contributed by atoms with Crippen molar-refractivity contribution < 1.29 is 19.4 Å². The van der Waals surface area contributed by atoms with Crippen LogP contribution in [0.4, 0.5) is 4.79 Å². The Morgan fingerprint density at radius 3 is 2.45 bits per heavy atom. The minimum absolute atomic E-state index is 0.123. The fourth-order valence-corrected chi connectivity index (χ4v) is 4.51. The number of ether oxygens (including phenoxy) is 1. The number of pyridine rings is 1. The van der Waals surface area contributed by atoms with Crippen LogP contribution in [0.25, 0.3) is 0 Å². The maximum Gasteiger partial charge on any atom is 0.328 e. The van der Waals surface area contributed by atoms with Gasteiger partial charge in [0.1, 0.15) is 11.3 Å². The Labute approximate surface area is 182 Å². The van der Waals surface area contributed by atoms with E-state index < -0.39 is 5.54 Å². The van der Waals surface area contributed by atoms with Gasteiger partial charge in [0.15, 0.2) is 0 Å². The van der Waals surface area contributed by atoms with Crippen LogP contribution in [0.1, 0.15) is 24.0 Å². The average molecular weight is 425 g/mol. The number of methoxy groups -OCH3 is 1. The molecule has 8 heteroatoms.